The number of nitrogens with zero attached hydrogens (tertiary/aromatic N) is 2. The highest BCUT2D eigenvalue weighted by molar-refractivity contribution is 7.92. The number of nitrogens with one attached hydrogen (secondary N) is 2. The van der Waals surface area contributed by atoms with E-state index < -0.39 is 39.8 Å². The molecule has 10 nitrogen and oxygen atoms in total. The van der Waals surface area contributed by atoms with Gasteiger partial charge in [0.25, 0.3) is 15.9 Å². The van der Waals surface area contributed by atoms with Gasteiger partial charge in [0.15, 0.2) is 0 Å². The standard InChI is InChI=1S/C29H33F3N4O4S.C2HF3O2/c1-3-13-35-14-16-36(17-15-35)26-19-25(11-12-27(26)40-2)41(38,39)34-24-9-7-22(8-10-24)28(37)33-20-21-5-4-6-23(18-21)29(30,31)32;3-2(4,5)1(6)7/h4-12,18-19,34H,3,13-17,20H2,1-2H3,(H,33,37);(H,6,7). The van der Waals surface area contributed by atoms with Crippen LogP contribution in [0.3, 0.4) is 0 Å². The predicted octanol–water partition coefficient (Wildman–Crippen LogP) is 5.61. The van der Waals surface area contributed by atoms with Gasteiger partial charge in [-0.15, -0.1) is 0 Å². The van der Waals surface area contributed by atoms with Crippen molar-refractivity contribution in [2.75, 3.05) is 49.5 Å². The van der Waals surface area contributed by atoms with E-state index in [0.29, 0.717) is 17.0 Å². The molecule has 3 aromatic carbocycles. The van der Waals surface area contributed by atoms with E-state index in [1.54, 1.807) is 19.2 Å². The maximum absolute atomic E-state index is 13.2. The minimum Gasteiger partial charge on any atom is -0.495 e. The van der Waals surface area contributed by atoms with E-state index in [0.717, 1.165) is 51.3 Å². The summed E-state index contributed by atoms with van der Waals surface area (Å²) in [6.07, 6.45) is -8.48. The van der Waals surface area contributed by atoms with Crippen LogP contribution < -0.4 is 19.7 Å². The maximum Gasteiger partial charge on any atom is 0.490 e. The van der Waals surface area contributed by atoms with Crippen LogP contribution in [0.15, 0.2) is 71.6 Å². The molecule has 0 radical (unpaired) electrons. The van der Waals surface area contributed by atoms with E-state index in [4.69, 9.17) is 14.6 Å². The molecule has 1 fully saturated rings. The molecule has 48 heavy (non-hydrogen) atoms. The van der Waals surface area contributed by atoms with Gasteiger partial charge in [-0.1, -0.05) is 19.1 Å². The van der Waals surface area contributed by atoms with Gasteiger partial charge >= 0.3 is 18.3 Å². The lowest BCUT2D eigenvalue weighted by Gasteiger charge is -2.36. The molecule has 4 rings (SSSR count). The van der Waals surface area contributed by atoms with E-state index >= 15 is 0 Å². The van der Waals surface area contributed by atoms with Crippen molar-refractivity contribution in [1.29, 1.82) is 0 Å². The number of benzene rings is 3. The van der Waals surface area contributed by atoms with Gasteiger partial charge in [-0.05, 0) is 73.1 Å². The number of halogens is 6. The molecule has 0 unspecified atom stereocenters. The first-order chi connectivity index (χ1) is 22.4. The zero-order chi connectivity index (χ0) is 35.7. The van der Waals surface area contributed by atoms with Gasteiger partial charge in [-0.3, -0.25) is 14.4 Å². The Morgan fingerprint density at radius 1 is 0.917 bits per heavy atom. The van der Waals surface area contributed by atoms with Crippen LogP contribution in [0.2, 0.25) is 0 Å². The van der Waals surface area contributed by atoms with Crippen LogP contribution in [0.1, 0.15) is 34.8 Å². The summed E-state index contributed by atoms with van der Waals surface area (Å²) in [4.78, 5) is 26.0. The maximum atomic E-state index is 13.2. The highest BCUT2D eigenvalue weighted by atomic mass is 32.2. The zero-order valence-corrected chi connectivity index (χ0v) is 26.7. The number of rotatable bonds is 10. The van der Waals surface area contributed by atoms with Crippen LogP contribution in [-0.4, -0.2) is 76.3 Å². The number of aliphatic carboxylic acids is 1. The summed E-state index contributed by atoms with van der Waals surface area (Å²) in [7, 11) is -2.40. The third-order valence-electron chi connectivity index (χ3n) is 7.06. The lowest BCUT2D eigenvalue weighted by molar-refractivity contribution is -0.192. The third kappa shape index (κ3) is 10.8. The van der Waals surface area contributed by atoms with E-state index in [2.05, 4.69) is 26.8 Å². The van der Waals surface area contributed by atoms with E-state index in [1.807, 2.05) is 0 Å². The normalized spacial score (nSPS) is 14.0. The fourth-order valence-electron chi connectivity index (χ4n) is 4.66. The Bertz CT molecular complexity index is 1660. The fraction of sp³-hybridized carbons (Fsp3) is 0.355. The van der Waals surface area contributed by atoms with Crippen molar-refractivity contribution in [3.8, 4) is 5.75 Å². The molecule has 0 spiro atoms. The number of hydrogen-bond donors (Lipinski definition) is 3. The molecule has 1 heterocycles. The number of methoxy groups -OCH3 is 1. The third-order valence-corrected chi connectivity index (χ3v) is 8.44. The highest BCUT2D eigenvalue weighted by Crippen LogP contribution is 2.33. The smallest absolute Gasteiger partial charge is 0.490 e. The Labute approximate surface area is 273 Å². The van der Waals surface area contributed by atoms with Crippen LogP contribution in [0.4, 0.5) is 37.7 Å². The summed E-state index contributed by atoms with van der Waals surface area (Å²) < 4.78 is 105. The molecule has 0 aliphatic carbocycles. The molecule has 262 valence electrons. The van der Waals surface area contributed by atoms with Gasteiger partial charge in [0.05, 0.1) is 23.3 Å². The van der Waals surface area contributed by atoms with Crippen molar-refractivity contribution in [3.63, 3.8) is 0 Å². The lowest BCUT2D eigenvalue weighted by Crippen LogP contribution is -2.46. The van der Waals surface area contributed by atoms with Crippen LogP contribution in [-0.2, 0) is 27.5 Å². The number of carbonyl (C=O) groups is 2. The molecule has 0 bridgehead atoms. The summed E-state index contributed by atoms with van der Waals surface area (Å²) in [5.74, 6) is -2.67. The molecule has 1 amide bonds. The molecule has 0 atom stereocenters. The summed E-state index contributed by atoms with van der Waals surface area (Å²) in [6.45, 7) is 6.35. The first kappa shape index (κ1) is 37.9. The Kier molecular flexibility index (Phi) is 12.7. The van der Waals surface area contributed by atoms with E-state index in [9.17, 15) is 39.6 Å². The summed E-state index contributed by atoms with van der Waals surface area (Å²) >= 11 is 0. The number of hydrogen-bond acceptors (Lipinski definition) is 7. The van der Waals surface area contributed by atoms with Crippen molar-refractivity contribution in [2.45, 2.75) is 37.1 Å². The van der Waals surface area contributed by atoms with Gasteiger partial charge in [0, 0.05) is 44.0 Å². The summed E-state index contributed by atoms with van der Waals surface area (Å²) in [6, 6.07) is 15.2. The number of alkyl halides is 6. The van der Waals surface area contributed by atoms with Crippen molar-refractivity contribution in [1.82, 2.24) is 10.2 Å². The molecule has 3 N–H and O–H groups in total. The first-order valence-electron chi connectivity index (χ1n) is 14.5. The van der Waals surface area contributed by atoms with Gasteiger partial charge in [0.1, 0.15) is 5.75 Å². The Morgan fingerprint density at radius 2 is 1.54 bits per heavy atom. The molecular formula is C31H34F6N4O6S. The Balaban J connectivity index is 0.000000804. The number of carbonyl (C=O) groups excluding carboxylic acids is 1. The van der Waals surface area contributed by atoms with Crippen molar-refractivity contribution in [2.24, 2.45) is 0 Å². The summed E-state index contributed by atoms with van der Waals surface area (Å²) in [5.41, 5.74) is 0.705. The number of carboxylic acid groups (broad SMARTS) is 1. The SMILES string of the molecule is CCCN1CCN(c2cc(S(=O)(=O)Nc3ccc(C(=O)NCc4cccc(C(F)(F)F)c4)cc3)ccc2OC)CC1.O=C(O)C(F)(F)F. The van der Waals surface area contributed by atoms with Crippen molar-refractivity contribution < 1.29 is 54.2 Å². The number of carboxylic acids is 1. The number of piperazine rings is 1. The number of ether oxygens (including phenoxy) is 1. The Morgan fingerprint density at radius 3 is 2.08 bits per heavy atom. The lowest BCUT2D eigenvalue weighted by atomic mass is 10.1. The monoisotopic (exact) mass is 704 g/mol. The van der Waals surface area contributed by atoms with Crippen LogP contribution >= 0.6 is 0 Å². The quantitative estimate of drug-likeness (QED) is 0.233. The second kappa shape index (κ2) is 16.1. The molecular weight excluding hydrogens is 670 g/mol. The Hall–Kier alpha value is -4.51. The molecule has 0 aromatic heterocycles. The first-order valence-corrected chi connectivity index (χ1v) is 16.0. The van der Waals surface area contributed by atoms with Gasteiger partial charge in [0.2, 0.25) is 0 Å². The number of anilines is 2. The van der Waals surface area contributed by atoms with Gasteiger partial charge in [-0.25, -0.2) is 13.2 Å². The van der Waals surface area contributed by atoms with Crippen molar-refractivity contribution in [3.05, 3.63) is 83.4 Å². The molecule has 3 aromatic rings. The van der Waals surface area contributed by atoms with E-state index in [-0.39, 0.29) is 22.7 Å². The van der Waals surface area contributed by atoms with Crippen LogP contribution in [0, 0.1) is 0 Å². The topological polar surface area (TPSA) is 128 Å². The minimum absolute atomic E-state index is 0.0761. The second-order valence-electron chi connectivity index (χ2n) is 10.5. The van der Waals surface area contributed by atoms with Crippen molar-refractivity contribution >= 4 is 33.3 Å². The van der Waals surface area contributed by atoms with Gasteiger partial charge in [-0.2, -0.15) is 26.3 Å². The average molecular weight is 705 g/mol. The molecule has 0 saturated carbocycles. The highest BCUT2D eigenvalue weighted by Gasteiger charge is 2.38. The zero-order valence-electron chi connectivity index (χ0n) is 25.9. The molecule has 17 heteroatoms. The van der Waals surface area contributed by atoms with E-state index in [1.165, 1.54) is 42.5 Å². The number of sulfonamides is 1. The molecule has 1 aliphatic rings. The minimum atomic E-state index is -5.08. The predicted molar refractivity (Wildman–Crippen MR) is 165 cm³/mol. The number of amides is 1. The average Bonchev–Trinajstić information content (AvgIpc) is 3.03. The largest absolute Gasteiger partial charge is 0.495 e. The fourth-order valence-corrected chi connectivity index (χ4v) is 5.74. The molecule has 1 aliphatic heterocycles. The van der Waals surface area contributed by atoms with Crippen LogP contribution in [0.5, 0.6) is 5.75 Å². The van der Waals surface area contributed by atoms with Gasteiger partial charge < -0.3 is 20.1 Å². The summed E-state index contributed by atoms with van der Waals surface area (Å²) in [5, 5.41) is 9.71. The second-order valence-corrected chi connectivity index (χ2v) is 12.2. The molecule has 1 saturated heterocycles. The van der Waals surface area contributed by atoms with Crippen LogP contribution in [0.25, 0.3) is 0 Å².